The molecule has 1 atom stereocenters. The van der Waals surface area contributed by atoms with Gasteiger partial charge in [-0.1, -0.05) is 24.3 Å². The van der Waals surface area contributed by atoms with Crippen LogP contribution in [0.1, 0.15) is 24.8 Å². The maximum absolute atomic E-state index is 12.9. The number of hydrogen-bond donors (Lipinski definition) is 1. The van der Waals surface area contributed by atoms with Crippen LogP contribution in [0.15, 0.2) is 36.4 Å². The van der Waals surface area contributed by atoms with Crippen molar-refractivity contribution in [1.82, 2.24) is 5.32 Å². The molecule has 1 aromatic rings. The van der Waals surface area contributed by atoms with Crippen molar-refractivity contribution in [1.29, 1.82) is 0 Å². The highest BCUT2D eigenvalue weighted by Gasteiger charge is 2.06. The number of benzene rings is 1. The van der Waals surface area contributed by atoms with Gasteiger partial charge in [-0.05, 0) is 49.9 Å². The summed E-state index contributed by atoms with van der Waals surface area (Å²) >= 11 is 0. The van der Waals surface area contributed by atoms with Gasteiger partial charge >= 0.3 is 0 Å². The molecule has 0 radical (unpaired) electrons. The SMILES string of the molecule is Fc1cccc(CCNC2C=CCCC2)c1. The Morgan fingerprint density at radius 1 is 1.38 bits per heavy atom. The molecule has 86 valence electrons. The molecule has 16 heavy (non-hydrogen) atoms. The van der Waals surface area contributed by atoms with E-state index in [1.807, 2.05) is 6.07 Å². The van der Waals surface area contributed by atoms with E-state index in [1.54, 1.807) is 12.1 Å². The van der Waals surface area contributed by atoms with Crippen molar-refractivity contribution < 1.29 is 4.39 Å². The predicted octanol–water partition coefficient (Wildman–Crippen LogP) is 3.07. The number of halogens is 1. The van der Waals surface area contributed by atoms with E-state index >= 15 is 0 Å². The van der Waals surface area contributed by atoms with Crippen LogP contribution in [0.4, 0.5) is 4.39 Å². The average molecular weight is 219 g/mol. The summed E-state index contributed by atoms with van der Waals surface area (Å²) in [4.78, 5) is 0. The summed E-state index contributed by atoms with van der Waals surface area (Å²) < 4.78 is 12.9. The van der Waals surface area contributed by atoms with Crippen molar-refractivity contribution in [3.8, 4) is 0 Å². The molecule has 0 saturated carbocycles. The van der Waals surface area contributed by atoms with Crippen LogP contribution in [0.25, 0.3) is 0 Å². The molecular weight excluding hydrogens is 201 g/mol. The molecule has 1 aliphatic rings. The fourth-order valence-electron chi connectivity index (χ4n) is 2.08. The van der Waals surface area contributed by atoms with Crippen LogP contribution in [-0.4, -0.2) is 12.6 Å². The van der Waals surface area contributed by atoms with Crippen LogP contribution >= 0.6 is 0 Å². The third-order valence-electron chi connectivity index (χ3n) is 2.96. The Bertz CT molecular complexity index is 360. The van der Waals surface area contributed by atoms with E-state index in [9.17, 15) is 4.39 Å². The van der Waals surface area contributed by atoms with Crippen LogP contribution < -0.4 is 5.32 Å². The zero-order valence-electron chi connectivity index (χ0n) is 9.45. The first-order valence-corrected chi connectivity index (χ1v) is 5.99. The highest BCUT2D eigenvalue weighted by molar-refractivity contribution is 5.16. The molecule has 1 aromatic carbocycles. The molecule has 0 aliphatic heterocycles. The van der Waals surface area contributed by atoms with Gasteiger partial charge in [-0.3, -0.25) is 0 Å². The number of hydrogen-bond acceptors (Lipinski definition) is 1. The Morgan fingerprint density at radius 3 is 3.06 bits per heavy atom. The molecule has 1 aliphatic carbocycles. The minimum Gasteiger partial charge on any atom is -0.310 e. The predicted molar refractivity (Wildman–Crippen MR) is 64.9 cm³/mol. The van der Waals surface area contributed by atoms with Gasteiger partial charge in [0.15, 0.2) is 0 Å². The van der Waals surface area contributed by atoms with Gasteiger partial charge in [-0.15, -0.1) is 0 Å². The number of rotatable bonds is 4. The summed E-state index contributed by atoms with van der Waals surface area (Å²) in [5, 5.41) is 3.48. The Balaban J connectivity index is 1.75. The molecule has 2 heteroatoms. The first-order chi connectivity index (χ1) is 7.84. The topological polar surface area (TPSA) is 12.0 Å². The lowest BCUT2D eigenvalue weighted by atomic mass is 10.0. The van der Waals surface area contributed by atoms with Crippen LogP contribution in [-0.2, 0) is 6.42 Å². The second-order valence-electron chi connectivity index (χ2n) is 4.30. The Labute approximate surface area is 96.4 Å². The molecule has 0 amide bonds. The molecular formula is C14H18FN. The molecule has 0 heterocycles. The summed E-state index contributed by atoms with van der Waals surface area (Å²) in [6.07, 6.45) is 9.08. The zero-order valence-corrected chi connectivity index (χ0v) is 9.45. The van der Waals surface area contributed by atoms with E-state index in [0.29, 0.717) is 6.04 Å². The van der Waals surface area contributed by atoms with E-state index in [2.05, 4.69) is 17.5 Å². The van der Waals surface area contributed by atoms with Crippen molar-refractivity contribution >= 4 is 0 Å². The van der Waals surface area contributed by atoms with E-state index in [1.165, 1.54) is 25.3 Å². The monoisotopic (exact) mass is 219 g/mol. The van der Waals surface area contributed by atoms with Gasteiger partial charge in [-0.2, -0.15) is 0 Å². The van der Waals surface area contributed by atoms with Gasteiger partial charge in [0.2, 0.25) is 0 Å². The van der Waals surface area contributed by atoms with Crippen molar-refractivity contribution in [2.24, 2.45) is 0 Å². The van der Waals surface area contributed by atoms with Crippen molar-refractivity contribution in [2.45, 2.75) is 31.7 Å². The lowest BCUT2D eigenvalue weighted by Crippen LogP contribution is -2.30. The fraction of sp³-hybridized carbons (Fsp3) is 0.429. The van der Waals surface area contributed by atoms with Gasteiger partial charge in [0.25, 0.3) is 0 Å². The summed E-state index contributed by atoms with van der Waals surface area (Å²) in [7, 11) is 0. The van der Waals surface area contributed by atoms with Gasteiger partial charge in [0.05, 0.1) is 0 Å². The molecule has 1 nitrogen and oxygen atoms in total. The van der Waals surface area contributed by atoms with E-state index in [4.69, 9.17) is 0 Å². The Morgan fingerprint density at radius 2 is 2.31 bits per heavy atom. The fourth-order valence-corrected chi connectivity index (χ4v) is 2.08. The summed E-state index contributed by atoms with van der Waals surface area (Å²) in [6, 6.07) is 7.36. The van der Waals surface area contributed by atoms with Crippen LogP contribution in [0.5, 0.6) is 0 Å². The summed E-state index contributed by atoms with van der Waals surface area (Å²) in [6.45, 7) is 0.915. The average Bonchev–Trinajstić information content (AvgIpc) is 2.30. The van der Waals surface area contributed by atoms with Gasteiger partial charge in [0.1, 0.15) is 5.82 Å². The first-order valence-electron chi connectivity index (χ1n) is 5.99. The largest absolute Gasteiger partial charge is 0.310 e. The van der Waals surface area contributed by atoms with Crippen LogP contribution in [0, 0.1) is 5.82 Å². The molecule has 1 unspecified atom stereocenters. The first kappa shape index (κ1) is 11.3. The van der Waals surface area contributed by atoms with Gasteiger partial charge in [0, 0.05) is 6.04 Å². The van der Waals surface area contributed by atoms with Gasteiger partial charge < -0.3 is 5.32 Å². The third kappa shape index (κ3) is 3.46. The van der Waals surface area contributed by atoms with Crippen molar-refractivity contribution in [3.63, 3.8) is 0 Å². The molecule has 0 bridgehead atoms. The zero-order chi connectivity index (χ0) is 11.2. The maximum atomic E-state index is 12.9. The summed E-state index contributed by atoms with van der Waals surface area (Å²) in [5.74, 6) is -0.143. The minimum absolute atomic E-state index is 0.143. The molecule has 0 saturated heterocycles. The molecule has 2 rings (SSSR count). The minimum atomic E-state index is -0.143. The van der Waals surface area contributed by atoms with E-state index in [0.717, 1.165) is 18.5 Å². The van der Waals surface area contributed by atoms with E-state index in [-0.39, 0.29) is 5.82 Å². The second-order valence-corrected chi connectivity index (χ2v) is 4.30. The molecule has 0 fully saturated rings. The molecule has 0 spiro atoms. The normalized spacial score (nSPS) is 19.9. The van der Waals surface area contributed by atoms with E-state index < -0.39 is 0 Å². The van der Waals surface area contributed by atoms with Crippen molar-refractivity contribution in [3.05, 3.63) is 47.8 Å². The Hall–Kier alpha value is -1.15. The lowest BCUT2D eigenvalue weighted by Gasteiger charge is -2.17. The smallest absolute Gasteiger partial charge is 0.123 e. The van der Waals surface area contributed by atoms with Gasteiger partial charge in [-0.25, -0.2) is 4.39 Å². The Kier molecular flexibility index (Phi) is 4.11. The number of allylic oxidation sites excluding steroid dienone is 1. The van der Waals surface area contributed by atoms with Crippen molar-refractivity contribution in [2.75, 3.05) is 6.54 Å². The summed E-state index contributed by atoms with van der Waals surface area (Å²) in [5.41, 5.74) is 1.06. The standard InChI is InChI=1S/C14H18FN/c15-13-6-4-5-12(11-13)9-10-16-14-7-2-1-3-8-14/h2,4-7,11,14,16H,1,3,8-10H2. The highest BCUT2D eigenvalue weighted by Crippen LogP contribution is 2.10. The third-order valence-corrected chi connectivity index (χ3v) is 2.96. The number of nitrogens with one attached hydrogen (secondary N) is 1. The molecule has 1 N–H and O–H groups in total. The van der Waals surface area contributed by atoms with Crippen LogP contribution in [0.3, 0.4) is 0 Å². The lowest BCUT2D eigenvalue weighted by molar-refractivity contribution is 0.524. The quantitative estimate of drug-likeness (QED) is 0.767. The van der Waals surface area contributed by atoms with Crippen LogP contribution in [0.2, 0.25) is 0 Å². The second kappa shape index (κ2) is 5.80. The molecule has 0 aromatic heterocycles. The highest BCUT2D eigenvalue weighted by atomic mass is 19.1. The maximum Gasteiger partial charge on any atom is 0.123 e.